The van der Waals surface area contributed by atoms with Crippen LogP contribution in [0.2, 0.25) is 0 Å². The molecule has 0 saturated carbocycles. The average Bonchev–Trinajstić information content (AvgIpc) is 2.83. The molecule has 2 heterocycles. The van der Waals surface area contributed by atoms with Crippen LogP contribution in [-0.2, 0) is 6.54 Å². The van der Waals surface area contributed by atoms with E-state index in [4.69, 9.17) is 4.74 Å². The van der Waals surface area contributed by atoms with Gasteiger partial charge in [0.25, 0.3) is 6.43 Å². The zero-order valence-electron chi connectivity index (χ0n) is 19.2. The second kappa shape index (κ2) is 10.5. The van der Waals surface area contributed by atoms with Crippen molar-refractivity contribution in [3.63, 3.8) is 0 Å². The van der Waals surface area contributed by atoms with Crippen LogP contribution in [0.5, 0.6) is 5.75 Å². The number of methoxy groups -OCH3 is 1. The molecule has 0 fully saturated rings. The molecule has 0 aliphatic carbocycles. The Kier molecular flexibility index (Phi) is 7.39. The van der Waals surface area contributed by atoms with Crippen LogP contribution in [0, 0.1) is 12.7 Å². The molecule has 0 unspecified atom stereocenters. The van der Waals surface area contributed by atoms with Crippen LogP contribution in [0.1, 0.15) is 41.9 Å². The molecule has 0 aliphatic heterocycles. The first-order chi connectivity index (χ1) is 16.8. The lowest BCUT2D eigenvalue weighted by Gasteiger charge is -2.19. The number of rotatable bonds is 8. The first-order valence-electron chi connectivity index (χ1n) is 10.8. The molecule has 0 aliphatic rings. The largest absolute Gasteiger partial charge is 0.497 e. The lowest BCUT2D eigenvalue weighted by molar-refractivity contribution is 0.146. The maximum atomic E-state index is 14.7. The van der Waals surface area contributed by atoms with Crippen molar-refractivity contribution < 1.29 is 17.9 Å². The molecule has 0 radical (unpaired) electrons. The smallest absolute Gasteiger partial charge is 0.266 e. The molecule has 35 heavy (non-hydrogen) atoms. The van der Waals surface area contributed by atoms with Crippen molar-refractivity contribution in [2.24, 2.45) is 0 Å². The molecule has 0 saturated heterocycles. The monoisotopic (exact) mass is 545 g/mol. The number of fused-ring (bicyclic) bond motifs is 1. The van der Waals surface area contributed by atoms with E-state index in [1.165, 1.54) is 12.1 Å². The van der Waals surface area contributed by atoms with Crippen LogP contribution in [0.3, 0.4) is 0 Å². The van der Waals surface area contributed by atoms with E-state index in [1.807, 2.05) is 30.3 Å². The SMILES string of the molecule is COc1ccc(CNc2nc3nc(C)nc(N[C@H](C)c4cccc(C(F)F)c4F)c3cc2Br)cc1. The van der Waals surface area contributed by atoms with Gasteiger partial charge < -0.3 is 15.4 Å². The molecule has 2 aromatic carbocycles. The molecule has 1 atom stereocenters. The van der Waals surface area contributed by atoms with E-state index < -0.39 is 23.8 Å². The van der Waals surface area contributed by atoms with Crippen molar-refractivity contribution in [3.05, 3.63) is 81.3 Å². The number of pyridine rings is 1. The highest BCUT2D eigenvalue weighted by atomic mass is 79.9. The van der Waals surface area contributed by atoms with Crippen LogP contribution in [0.25, 0.3) is 11.0 Å². The lowest BCUT2D eigenvalue weighted by Crippen LogP contribution is -2.13. The van der Waals surface area contributed by atoms with E-state index in [0.717, 1.165) is 17.4 Å². The van der Waals surface area contributed by atoms with Gasteiger partial charge in [-0.15, -0.1) is 0 Å². The molecular formula is C25H23BrF3N5O. The fraction of sp³-hybridized carbons (Fsp3) is 0.240. The van der Waals surface area contributed by atoms with Gasteiger partial charge in [-0.25, -0.2) is 28.1 Å². The number of anilines is 2. The Labute approximate surface area is 209 Å². The standard InChI is InChI=1S/C25H23BrF3N5O/c1-13(17-5-4-6-18(21(17)27)22(28)29)31-23-19-11-20(26)25(34-24(19)33-14(2)32-23)30-12-15-7-9-16(35-3)10-8-15/h4-11,13,22H,12H2,1-3H3,(H2,30,31,32,33,34)/t13-/m1/s1. The molecule has 6 nitrogen and oxygen atoms in total. The van der Waals surface area contributed by atoms with Crippen LogP contribution in [-0.4, -0.2) is 22.1 Å². The summed E-state index contributed by atoms with van der Waals surface area (Å²) in [6.45, 7) is 3.94. The van der Waals surface area contributed by atoms with Crippen LogP contribution >= 0.6 is 15.9 Å². The van der Waals surface area contributed by atoms with E-state index in [0.29, 0.717) is 39.5 Å². The molecular weight excluding hydrogens is 523 g/mol. The summed E-state index contributed by atoms with van der Waals surface area (Å²) in [5, 5.41) is 7.03. The minimum absolute atomic E-state index is 0.122. The normalized spacial score (nSPS) is 12.1. The van der Waals surface area contributed by atoms with Crippen LogP contribution in [0.4, 0.5) is 24.8 Å². The van der Waals surface area contributed by atoms with E-state index >= 15 is 0 Å². The van der Waals surface area contributed by atoms with Gasteiger partial charge in [0.05, 0.1) is 28.6 Å². The molecule has 0 bridgehead atoms. The van der Waals surface area contributed by atoms with E-state index in [1.54, 1.807) is 21.0 Å². The van der Waals surface area contributed by atoms with E-state index in [-0.39, 0.29) is 5.56 Å². The van der Waals surface area contributed by atoms with Crippen molar-refractivity contribution in [1.82, 2.24) is 15.0 Å². The second-order valence-corrected chi connectivity index (χ2v) is 8.78. The van der Waals surface area contributed by atoms with Crippen molar-refractivity contribution in [3.8, 4) is 5.75 Å². The number of hydrogen-bond acceptors (Lipinski definition) is 6. The number of aryl methyl sites for hydroxylation is 1. The van der Waals surface area contributed by atoms with Crippen molar-refractivity contribution in [1.29, 1.82) is 0 Å². The second-order valence-electron chi connectivity index (χ2n) is 7.93. The number of alkyl halides is 2. The highest BCUT2D eigenvalue weighted by Gasteiger charge is 2.21. The van der Waals surface area contributed by atoms with Gasteiger partial charge in [0.2, 0.25) is 0 Å². The molecule has 4 rings (SSSR count). The van der Waals surface area contributed by atoms with Gasteiger partial charge in [-0.1, -0.05) is 30.3 Å². The summed E-state index contributed by atoms with van der Waals surface area (Å²) in [5.41, 5.74) is 0.978. The molecule has 4 aromatic rings. The summed E-state index contributed by atoms with van der Waals surface area (Å²) < 4.78 is 46.8. The number of nitrogens with zero attached hydrogens (tertiary/aromatic N) is 3. The number of ether oxygens (including phenoxy) is 1. The van der Waals surface area contributed by atoms with Gasteiger partial charge in [-0.05, 0) is 53.5 Å². The Hall–Kier alpha value is -3.40. The zero-order valence-corrected chi connectivity index (χ0v) is 20.8. The predicted octanol–water partition coefficient (Wildman–Crippen LogP) is 6.97. The molecule has 2 aromatic heterocycles. The minimum atomic E-state index is -2.90. The zero-order chi connectivity index (χ0) is 25.1. The molecule has 0 spiro atoms. The van der Waals surface area contributed by atoms with Crippen molar-refractivity contribution in [2.45, 2.75) is 32.9 Å². The molecule has 0 amide bonds. The summed E-state index contributed by atoms with van der Waals surface area (Å²) in [4.78, 5) is 13.5. The summed E-state index contributed by atoms with van der Waals surface area (Å²) in [5.74, 6) is 1.34. The van der Waals surface area contributed by atoms with Crippen LogP contribution < -0.4 is 15.4 Å². The van der Waals surface area contributed by atoms with Gasteiger partial charge in [-0.3, -0.25) is 0 Å². The summed E-state index contributed by atoms with van der Waals surface area (Å²) in [7, 11) is 1.62. The third-order valence-electron chi connectivity index (χ3n) is 5.48. The average molecular weight is 546 g/mol. The lowest BCUT2D eigenvalue weighted by atomic mass is 10.0. The number of hydrogen-bond donors (Lipinski definition) is 2. The van der Waals surface area contributed by atoms with Crippen LogP contribution in [0.15, 0.2) is 53.0 Å². The summed E-state index contributed by atoms with van der Waals surface area (Å²) in [6, 6.07) is 12.9. The Morgan fingerprint density at radius 1 is 1.00 bits per heavy atom. The first-order valence-corrected chi connectivity index (χ1v) is 11.6. The topological polar surface area (TPSA) is 72.0 Å². The number of benzene rings is 2. The third-order valence-corrected chi connectivity index (χ3v) is 6.09. The maximum absolute atomic E-state index is 14.7. The van der Waals surface area contributed by atoms with Gasteiger partial charge in [-0.2, -0.15) is 0 Å². The van der Waals surface area contributed by atoms with E-state index in [9.17, 15) is 13.2 Å². The first kappa shape index (κ1) is 24.7. The van der Waals surface area contributed by atoms with Gasteiger partial charge in [0.1, 0.15) is 29.0 Å². The Morgan fingerprint density at radius 2 is 1.71 bits per heavy atom. The number of halogens is 4. The highest BCUT2D eigenvalue weighted by molar-refractivity contribution is 9.10. The van der Waals surface area contributed by atoms with Gasteiger partial charge in [0, 0.05) is 12.1 Å². The maximum Gasteiger partial charge on any atom is 0.266 e. The number of nitrogens with one attached hydrogen (secondary N) is 2. The number of aromatic nitrogens is 3. The van der Waals surface area contributed by atoms with Gasteiger partial charge >= 0.3 is 0 Å². The quantitative estimate of drug-likeness (QED) is 0.249. The highest BCUT2D eigenvalue weighted by Crippen LogP contribution is 2.32. The summed E-state index contributed by atoms with van der Waals surface area (Å²) in [6.07, 6.45) is -2.90. The van der Waals surface area contributed by atoms with Crippen molar-refractivity contribution >= 4 is 38.6 Å². The van der Waals surface area contributed by atoms with Gasteiger partial charge in [0.15, 0.2) is 5.65 Å². The Bertz CT molecular complexity index is 1350. The Balaban J connectivity index is 1.61. The Morgan fingerprint density at radius 3 is 2.40 bits per heavy atom. The third kappa shape index (κ3) is 5.48. The molecule has 10 heteroatoms. The summed E-state index contributed by atoms with van der Waals surface area (Å²) >= 11 is 3.54. The fourth-order valence-corrected chi connectivity index (χ4v) is 4.11. The molecule has 2 N–H and O–H groups in total. The fourth-order valence-electron chi connectivity index (χ4n) is 3.66. The minimum Gasteiger partial charge on any atom is -0.497 e. The molecule has 182 valence electrons. The predicted molar refractivity (Wildman–Crippen MR) is 133 cm³/mol. The van der Waals surface area contributed by atoms with E-state index in [2.05, 4.69) is 41.5 Å². The van der Waals surface area contributed by atoms with Crippen molar-refractivity contribution in [2.75, 3.05) is 17.7 Å².